The Kier molecular flexibility index (Phi) is 6.91. The fourth-order valence-corrected chi connectivity index (χ4v) is 3.56. The zero-order valence-corrected chi connectivity index (χ0v) is 19.3. The second-order valence-electron chi connectivity index (χ2n) is 9.04. The lowest BCUT2D eigenvalue weighted by Gasteiger charge is -2.40. The maximum absolute atomic E-state index is 12.4. The summed E-state index contributed by atoms with van der Waals surface area (Å²) in [5, 5.41) is 9.10. The molecule has 1 saturated heterocycles. The van der Waals surface area contributed by atoms with E-state index in [0.29, 0.717) is 32.1 Å². The molecular formula is C24H31N3O5. The number of hydrogen-bond acceptors (Lipinski definition) is 6. The van der Waals surface area contributed by atoms with Crippen LogP contribution in [0.1, 0.15) is 49.2 Å². The number of ether oxygens (including phenoxy) is 2. The van der Waals surface area contributed by atoms with Crippen LogP contribution in [0.4, 0.5) is 10.6 Å². The predicted molar refractivity (Wildman–Crippen MR) is 121 cm³/mol. The highest BCUT2D eigenvalue weighted by Gasteiger charge is 2.31. The first-order chi connectivity index (χ1) is 15.0. The first-order valence-electron chi connectivity index (χ1n) is 10.7. The number of carbonyl (C=O) groups is 2. The molecule has 1 aliphatic rings. The average Bonchev–Trinajstić information content (AvgIpc) is 2.71. The van der Waals surface area contributed by atoms with Crippen LogP contribution >= 0.6 is 0 Å². The summed E-state index contributed by atoms with van der Waals surface area (Å²) in [5.74, 6) is 0.332. The predicted octanol–water partition coefficient (Wildman–Crippen LogP) is 4.11. The number of pyridine rings is 1. The molecular weight excluding hydrogens is 410 g/mol. The monoisotopic (exact) mass is 441 g/mol. The van der Waals surface area contributed by atoms with Gasteiger partial charge in [-0.25, -0.2) is 9.59 Å². The van der Waals surface area contributed by atoms with E-state index in [1.165, 1.54) is 0 Å². The number of carboxylic acid groups (broad SMARTS) is 1. The van der Waals surface area contributed by atoms with Crippen molar-refractivity contribution in [2.75, 3.05) is 24.5 Å². The van der Waals surface area contributed by atoms with Gasteiger partial charge in [0.1, 0.15) is 18.0 Å². The Morgan fingerprint density at radius 1 is 1.19 bits per heavy atom. The van der Waals surface area contributed by atoms with Gasteiger partial charge in [0.2, 0.25) is 5.88 Å². The molecule has 32 heavy (non-hydrogen) atoms. The number of anilines is 1. The number of carbonyl (C=O) groups excluding carboxylic acids is 1. The molecule has 1 fully saturated rings. The summed E-state index contributed by atoms with van der Waals surface area (Å²) < 4.78 is 11.4. The van der Waals surface area contributed by atoms with E-state index in [1.54, 1.807) is 29.2 Å². The molecule has 0 bridgehead atoms. The number of piperazine rings is 1. The molecule has 1 aromatic heterocycles. The quantitative estimate of drug-likeness (QED) is 0.746. The van der Waals surface area contributed by atoms with Gasteiger partial charge in [0.05, 0.1) is 5.56 Å². The molecule has 0 aliphatic carbocycles. The van der Waals surface area contributed by atoms with E-state index in [2.05, 4.69) is 9.88 Å². The van der Waals surface area contributed by atoms with Gasteiger partial charge in [0.15, 0.2) is 0 Å². The van der Waals surface area contributed by atoms with Gasteiger partial charge in [0, 0.05) is 31.7 Å². The van der Waals surface area contributed by atoms with Gasteiger partial charge >= 0.3 is 12.1 Å². The van der Waals surface area contributed by atoms with Crippen LogP contribution in [0.5, 0.6) is 5.88 Å². The SMILES string of the molecule is Cc1cc(C(=O)O)ccc1COc1cccc(N2CCN(C(=O)OC(C)(C)C)[C@@H](C)C2)n1. The van der Waals surface area contributed by atoms with Gasteiger partial charge in [-0.05, 0) is 63.9 Å². The minimum atomic E-state index is -0.948. The standard InChI is InChI=1S/C24H31N3O5/c1-16-13-18(22(28)29)9-10-19(16)15-31-21-8-6-7-20(25-21)26-11-12-27(17(2)14-26)23(30)32-24(3,4)5/h6-10,13,17H,11-12,14-15H2,1-5H3,(H,28,29)/t17-/m0/s1. The number of aryl methyl sites for hydroxylation is 1. The molecule has 1 atom stereocenters. The first kappa shape index (κ1) is 23.4. The molecule has 1 N–H and O–H groups in total. The van der Waals surface area contributed by atoms with E-state index >= 15 is 0 Å². The number of carboxylic acids is 1. The topological polar surface area (TPSA) is 92.2 Å². The van der Waals surface area contributed by atoms with Crippen molar-refractivity contribution in [3.63, 3.8) is 0 Å². The zero-order chi connectivity index (χ0) is 23.5. The van der Waals surface area contributed by atoms with Crippen molar-refractivity contribution in [3.05, 3.63) is 53.1 Å². The molecule has 0 radical (unpaired) electrons. The second kappa shape index (κ2) is 9.46. The summed E-state index contributed by atoms with van der Waals surface area (Å²) in [4.78, 5) is 32.1. The molecule has 1 aromatic carbocycles. The lowest BCUT2D eigenvalue weighted by Crippen LogP contribution is -2.55. The molecule has 0 unspecified atom stereocenters. The van der Waals surface area contributed by atoms with Crippen molar-refractivity contribution in [2.45, 2.75) is 52.9 Å². The van der Waals surface area contributed by atoms with Crippen LogP contribution in [0, 0.1) is 6.92 Å². The minimum absolute atomic E-state index is 0.0135. The number of hydrogen-bond donors (Lipinski definition) is 1. The van der Waals surface area contributed by atoms with E-state index < -0.39 is 11.6 Å². The third-order valence-corrected chi connectivity index (χ3v) is 5.25. The number of aromatic nitrogens is 1. The lowest BCUT2D eigenvalue weighted by atomic mass is 10.1. The Balaban J connectivity index is 1.62. The minimum Gasteiger partial charge on any atom is -0.478 e. The van der Waals surface area contributed by atoms with Crippen LogP contribution < -0.4 is 9.64 Å². The van der Waals surface area contributed by atoms with E-state index in [4.69, 9.17) is 14.6 Å². The largest absolute Gasteiger partial charge is 0.478 e. The van der Waals surface area contributed by atoms with Crippen LogP contribution in [0.15, 0.2) is 36.4 Å². The first-order valence-corrected chi connectivity index (χ1v) is 10.7. The van der Waals surface area contributed by atoms with Crippen LogP contribution in [-0.2, 0) is 11.3 Å². The fourth-order valence-electron chi connectivity index (χ4n) is 3.56. The Morgan fingerprint density at radius 3 is 2.56 bits per heavy atom. The van der Waals surface area contributed by atoms with E-state index in [1.807, 2.05) is 46.8 Å². The highest BCUT2D eigenvalue weighted by molar-refractivity contribution is 5.87. The third kappa shape index (κ3) is 5.90. The summed E-state index contributed by atoms with van der Waals surface area (Å²) in [7, 11) is 0. The van der Waals surface area contributed by atoms with Gasteiger partial charge in [-0.3, -0.25) is 0 Å². The highest BCUT2D eigenvalue weighted by Crippen LogP contribution is 2.22. The molecule has 2 aromatic rings. The molecule has 172 valence electrons. The maximum Gasteiger partial charge on any atom is 0.410 e. The number of rotatable bonds is 5. The fraction of sp³-hybridized carbons (Fsp3) is 0.458. The van der Waals surface area contributed by atoms with Gasteiger partial charge in [-0.15, -0.1) is 0 Å². The summed E-state index contributed by atoms with van der Waals surface area (Å²) in [5.41, 5.74) is 1.49. The second-order valence-corrected chi connectivity index (χ2v) is 9.04. The molecule has 1 amide bonds. The van der Waals surface area contributed by atoms with E-state index in [9.17, 15) is 9.59 Å². The van der Waals surface area contributed by atoms with Crippen molar-refractivity contribution in [1.82, 2.24) is 9.88 Å². The van der Waals surface area contributed by atoms with E-state index in [0.717, 1.165) is 16.9 Å². The highest BCUT2D eigenvalue weighted by atomic mass is 16.6. The van der Waals surface area contributed by atoms with Gasteiger partial charge in [-0.2, -0.15) is 4.98 Å². The molecule has 0 saturated carbocycles. The van der Waals surface area contributed by atoms with Crippen LogP contribution in [0.2, 0.25) is 0 Å². The Morgan fingerprint density at radius 2 is 1.94 bits per heavy atom. The maximum atomic E-state index is 12.4. The van der Waals surface area contributed by atoms with Crippen molar-refractivity contribution < 1.29 is 24.2 Å². The molecule has 8 nitrogen and oxygen atoms in total. The number of aromatic carboxylic acids is 1. The van der Waals surface area contributed by atoms with Gasteiger partial charge in [0.25, 0.3) is 0 Å². The number of amides is 1. The normalized spacial score (nSPS) is 16.6. The third-order valence-electron chi connectivity index (χ3n) is 5.25. The van der Waals surface area contributed by atoms with Gasteiger partial charge < -0.3 is 24.4 Å². The number of nitrogens with zero attached hydrogens (tertiary/aromatic N) is 3. The van der Waals surface area contributed by atoms with Gasteiger partial charge in [-0.1, -0.05) is 12.1 Å². The molecule has 0 spiro atoms. The van der Waals surface area contributed by atoms with Crippen LogP contribution in [0.3, 0.4) is 0 Å². The Labute approximate surface area is 188 Å². The average molecular weight is 442 g/mol. The number of benzene rings is 1. The van der Waals surface area contributed by atoms with E-state index in [-0.39, 0.29) is 17.7 Å². The van der Waals surface area contributed by atoms with Crippen LogP contribution in [0.25, 0.3) is 0 Å². The van der Waals surface area contributed by atoms with Crippen molar-refractivity contribution >= 4 is 17.9 Å². The molecule has 1 aliphatic heterocycles. The Hall–Kier alpha value is -3.29. The Bertz CT molecular complexity index is 986. The summed E-state index contributed by atoms with van der Waals surface area (Å²) >= 11 is 0. The van der Waals surface area contributed by atoms with Crippen LogP contribution in [-0.4, -0.2) is 58.3 Å². The van der Waals surface area contributed by atoms with Crippen molar-refractivity contribution in [1.29, 1.82) is 0 Å². The van der Waals surface area contributed by atoms with Crippen molar-refractivity contribution in [2.24, 2.45) is 0 Å². The summed E-state index contributed by atoms with van der Waals surface area (Å²) in [6.07, 6.45) is -0.293. The molecule has 2 heterocycles. The summed E-state index contributed by atoms with van der Waals surface area (Å²) in [6.45, 7) is 11.6. The lowest BCUT2D eigenvalue weighted by molar-refractivity contribution is 0.0158. The molecule has 8 heteroatoms. The smallest absolute Gasteiger partial charge is 0.410 e. The van der Waals surface area contributed by atoms with Crippen molar-refractivity contribution in [3.8, 4) is 5.88 Å². The summed E-state index contributed by atoms with van der Waals surface area (Å²) in [6, 6.07) is 10.6. The zero-order valence-electron chi connectivity index (χ0n) is 19.3. The molecule has 3 rings (SSSR count).